The molecule has 0 bridgehead atoms. The molecule has 5 atom stereocenters. The quantitative estimate of drug-likeness (QED) is 0.510. The Balaban J connectivity index is 2.27. The van der Waals surface area contributed by atoms with Crippen LogP contribution < -0.4 is 11.4 Å². The Morgan fingerprint density at radius 1 is 1.50 bits per heavy atom. The zero-order chi connectivity index (χ0) is 17.9. The minimum absolute atomic E-state index is 0.0896. The monoisotopic (exact) mass is 338 g/mol. The van der Waals surface area contributed by atoms with Gasteiger partial charge in [-0.2, -0.15) is 10.2 Å². The number of nitrogens with zero attached hydrogens (tertiary/aromatic N) is 3. The molecule has 1 aromatic heterocycles. The molecule has 9 heteroatoms. The zero-order valence-electron chi connectivity index (χ0n) is 13.4. The lowest BCUT2D eigenvalue weighted by Crippen LogP contribution is -2.36. The van der Waals surface area contributed by atoms with Crippen LogP contribution in [-0.2, 0) is 11.2 Å². The van der Waals surface area contributed by atoms with E-state index in [1.807, 2.05) is 6.92 Å². The molecule has 1 aromatic rings. The number of aliphatic hydroxyl groups is 3. The van der Waals surface area contributed by atoms with E-state index in [-0.39, 0.29) is 11.7 Å². The molecule has 132 valence electrons. The van der Waals surface area contributed by atoms with Crippen molar-refractivity contribution in [2.45, 2.75) is 50.7 Å². The first kappa shape index (κ1) is 18.4. The van der Waals surface area contributed by atoms with Crippen LogP contribution in [0.1, 0.15) is 31.6 Å². The summed E-state index contributed by atoms with van der Waals surface area (Å²) in [6.07, 6.45) is -1.73. The highest BCUT2D eigenvalue weighted by Gasteiger charge is 2.43. The van der Waals surface area contributed by atoms with Crippen molar-refractivity contribution in [3.8, 4) is 6.07 Å². The molecule has 2 rings (SSSR count). The maximum absolute atomic E-state index is 12.1. The van der Waals surface area contributed by atoms with Gasteiger partial charge in [-0.25, -0.2) is 4.79 Å². The molecule has 2 heterocycles. The molecule has 1 saturated heterocycles. The van der Waals surface area contributed by atoms with E-state index in [1.54, 1.807) is 0 Å². The van der Waals surface area contributed by atoms with Gasteiger partial charge >= 0.3 is 5.69 Å². The van der Waals surface area contributed by atoms with Gasteiger partial charge in [0.1, 0.15) is 24.1 Å². The zero-order valence-corrected chi connectivity index (χ0v) is 13.4. The smallest absolute Gasteiger partial charge is 0.351 e. The van der Waals surface area contributed by atoms with E-state index in [2.05, 4.69) is 11.1 Å². The van der Waals surface area contributed by atoms with Gasteiger partial charge in [0, 0.05) is 18.2 Å². The van der Waals surface area contributed by atoms with E-state index in [0.717, 1.165) is 4.57 Å². The number of nitrogen functional groups attached to an aromatic ring is 1. The number of ether oxygens (including phenoxy) is 1. The van der Waals surface area contributed by atoms with Crippen molar-refractivity contribution in [3.05, 3.63) is 22.2 Å². The lowest BCUT2D eigenvalue weighted by molar-refractivity contribution is -0.0550. The third kappa shape index (κ3) is 3.73. The maximum atomic E-state index is 12.1. The van der Waals surface area contributed by atoms with Crippen molar-refractivity contribution in [3.63, 3.8) is 0 Å². The van der Waals surface area contributed by atoms with E-state index >= 15 is 0 Å². The average Bonchev–Trinajstić information content (AvgIpc) is 2.83. The predicted octanol–water partition coefficient (Wildman–Crippen LogP) is -1.08. The molecule has 1 aliphatic rings. The molecule has 5 N–H and O–H groups in total. The number of nitrogens with two attached hydrogens (primary N) is 1. The average molecular weight is 338 g/mol. The number of rotatable bonds is 6. The number of aromatic nitrogens is 2. The Labute approximate surface area is 138 Å². The molecule has 0 aliphatic carbocycles. The first-order valence-corrected chi connectivity index (χ1v) is 7.76. The number of hydrogen-bond donors (Lipinski definition) is 4. The Hall–Kier alpha value is -1.99. The van der Waals surface area contributed by atoms with E-state index in [0.29, 0.717) is 24.8 Å². The van der Waals surface area contributed by atoms with Crippen LogP contribution in [0.2, 0.25) is 0 Å². The number of anilines is 1. The van der Waals surface area contributed by atoms with Crippen LogP contribution in [0.3, 0.4) is 0 Å². The topological polar surface area (TPSA) is 155 Å². The summed E-state index contributed by atoms with van der Waals surface area (Å²) in [5.41, 5.74) is 5.68. The van der Waals surface area contributed by atoms with Gasteiger partial charge in [-0.3, -0.25) is 4.57 Å². The third-order valence-electron chi connectivity index (χ3n) is 4.17. The van der Waals surface area contributed by atoms with Gasteiger partial charge in [0.05, 0.1) is 12.7 Å². The molecule has 24 heavy (non-hydrogen) atoms. The van der Waals surface area contributed by atoms with Crippen LogP contribution in [-0.4, -0.2) is 49.8 Å². The van der Waals surface area contributed by atoms with Crippen LogP contribution in [0.15, 0.2) is 11.0 Å². The van der Waals surface area contributed by atoms with Gasteiger partial charge in [0.2, 0.25) is 0 Å². The first-order valence-electron chi connectivity index (χ1n) is 7.76. The predicted molar refractivity (Wildman–Crippen MR) is 83.6 cm³/mol. The van der Waals surface area contributed by atoms with Gasteiger partial charge in [-0.15, -0.1) is 0 Å². The second-order valence-corrected chi connectivity index (χ2v) is 6.08. The summed E-state index contributed by atoms with van der Waals surface area (Å²) in [6, 6.07) is 2.08. The molecule has 0 spiro atoms. The number of aliphatic hydroxyl groups excluding tert-OH is 3. The molecule has 0 aromatic carbocycles. The second-order valence-electron chi connectivity index (χ2n) is 6.08. The minimum Gasteiger partial charge on any atom is -0.394 e. The van der Waals surface area contributed by atoms with E-state index in [4.69, 9.17) is 20.8 Å². The summed E-state index contributed by atoms with van der Waals surface area (Å²) >= 11 is 0. The highest BCUT2D eigenvalue weighted by Crippen LogP contribution is 2.29. The van der Waals surface area contributed by atoms with Crippen molar-refractivity contribution < 1.29 is 20.1 Å². The lowest BCUT2D eigenvalue weighted by Gasteiger charge is -2.19. The highest BCUT2D eigenvalue weighted by molar-refractivity contribution is 5.37. The SMILES string of the molecule is CC(CCC#N)Cc1cn([C@@H]2O[C@H](CO)[C@@H](O)[C@H]2O)c(=O)nc1N. The van der Waals surface area contributed by atoms with Crippen molar-refractivity contribution in [2.75, 3.05) is 12.3 Å². The van der Waals surface area contributed by atoms with Crippen molar-refractivity contribution in [2.24, 2.45) is 5.92 Å². The van der Waals surface area contributed by atoms with Crippen molar-refractivity contribution in [1.82, 2.24) is 9.55 Å². The fourth-order valence-electron chi connectivity index (χ4n) is 2.76. The molecule has 1 aliphatic heterocycles. The molecule has 1 fully saturated rings. The molecule has 0 amide bonds. The summed E-state index contributed by atoms with van der Waals surface area (Å²) in [5, 5.41) is 37.7. The van der Waals surface area contributed by atoms with Gasteiger partial charge in [0.15, 0.2) is 6.23 Å². The third-order valence-corrected chi connectivity index (χ3v) is 4.17. The Morgan fingerprint density at radius 3 is 2.79 bits per heavy atom. The minimum atomic E-state index is -1.37. The normalized spacial score (nSPS) is 27.8. The maximum Gasteiger partial charge on any atom is 0.351 e. The van der Waals surface area contributed by atoms with Crippen molar-refractivity contribution in [1.29, 1.82) is 5.26 Å². The van der Waals surface area contributed by atoms with E-state index < -0.39 is 36.8 Å². The molecule has 9 nitrogen and oxygen atoms in total. The van der Waals surface area contributed by atoms with E-state index in [1.165, 1.54) is 6.20 Å². The standard InChI is InChI=1S/C15H22N4O5/c1-8(3-2-4-16)5-9-6-19(15(23)18-13(9)17)14-12(22)11(21)10(7-20)24-14/h6,8,10-12,14,20-22H,2-3,5,7H2,1H3,(H2,17,18,23)/t8?,10-,11-,12-,14-/m1/s1. The van der Waals surface area contributed by atoms with Gasteiger partial charge < -0.3 is 25.8 Å². The number of nitriles is 1. The summed E-state index contributed by atoms with van der Waals surface area (Å²) in [7, 11) is 0. The van der Waals surface area contributed by atoms with Crippen molar-refractivity contribution >= 4 is 5.82 Å². The van der Waals surface area contributed by atoms with Crippen LogP contribution in [0.25, 0.3) is 0 Å². The van der Waals surface area contributed by atoms with Gasteiger partial charge in [-0.05, 0) is 18.8 Å². The fourth-order valence-corrected chi connectivity index (χ4v) is 2.76. The van der Waals surface area contributed by atoms with Crippen LogP contribution in [0.5, 0.6) is 0 Å². The van der Waals surface area contributed by atoms with Crippen LogP contribution >= 0.6 is 0 Å². The molecular weight excluding hydrogens is 316 g/mol. The Morgan fingerprint density at radius 2 is 2.21 bits per heavy atom. The van der Waals surface area contributed by atoms with E-state index in [9.17, 15) is 15.0 Å². The first-order chi connectivity index (χ1) is 11.4. The molecular formula is C15H22N4O5. The summed E-state index contributed by atoms with van der Waals surface area (Å²) in [5.74, 6) is 0.247. The van der Waals surface area contributed by atoms with Gasteiger partial charge in [0.25, 0.3) is 0 Å². The summed E-state index contributed by atoms with van der Waals surface area (Å²) in [4.78, 5) is 15.8. The lowest BCUT2D eigenvalue weighted by atomic mass is 9.98. The molecule has 1 unspecified atom stereocenters. The summed E-state index contributed by atoms with van der Waals surface area (Å²) in [6.45, 7) is 1.47. The van der Waals surface area contributed by atoms with Crippen LogP contribution in [0, 0.1) is 17.2 Å². The Bertz CT molecular complexity index is 671. The highest BCUT2D eigenvalue weighted by atomic mass is 16.6. The summed E-state index contributed by atoms with van der Waals surface area (Å²) < 4.78 is 6.43. The molecule has 0 radical (unpaired) electrons. The van der Waals surface area contributed by atoms with Gasteiger partial charge in [-0.1, -0.05) is 6.92 Å². The number of hydrogen-bond acceptors (Lipinski definition) is 8. The molecule has 0 saturated carbocycles. The van der Waals surface area contributed by atoms with Crippen LogP contribution in [0.4, 0.5) is 5.82 Å². The fraction of sp³-hybridized carbons (Fsp3) is 0.667. The Kier molecular flexibility index (Phi) is 5.90. The largest absolute Gasteiger partial charge is 0.394 e. The second kappa shape index (κ2) is 7.72.